The fraction of sp³-hybridized carbons (Fsp3) is 0.368. The standard InChI is InChI=1S/C19H22FN3O/c20-13-6-8-14(9-7-13)24-18-11-17-16(10-15(18)21)22-19(23-17)12-4-2-1-3-5-12/h6-12,19,22-23H,1-5,21H2. The number of ether oxygens (including phenoxy) is 1. The second-order valence-electron chi connectivity index (χ2n) is 6.66. The highest BCUT2D eigenvalue weighted by Crippen LogP contribution is 2.41. The van der Waals surface area contributed by atoms with E-state index in [1.165, 1.54) is 44.2 Å². The summed E-state index contributed by atoms with van der Waals surface area (Å²) in [5.74, 6) is 1.51. The first-order valence-corrected chi connectivity index (χ1v) is 8.59. The highest BCUT2D eigenvalue weighted by atomic mass is 19.1. The molecule has 1 unspecified atom stereocenters. The second kappa shape index (κ2) is 6.23. The molecule has 2 aromatic rings. The Morgan fingerprint density at radius 1 is 0.958 bits per heavy atom. The van der Waals surface area contributed by atoms with E-state index in [1.54, 1.807) is 12.1 Å². The molecule has 0 saturated heterocycles. The molecule has 0 spiro atoms. The Labute approximate surface area is 141 Å². The van der Waals surface area contributed by atoms with E-state index in [1.807, 2.05) is 12.1 Å². The van der Waals surface area contributed by atoms with Gasteiger partial charge in [-0.3, -0.25) is 0 Å². The van der Waals surface area contributed by atoms with Crippen LogP contribution in [0.5, 0.6) is 11.5 Å². The van der Waals surface area contributed by atoms with E-state index < -0.39 is 0 Å². The molecule has 1 atom stereocenters. The van der Waals surface area contributed by atoms with E-state index in [-0.39, 0.29) is 12.0 Å². The fourth-order valence-electron chi connectivity index (χ4n) is 3.63. The van der Waals surface area contributed by atoms with Crippen molar-refractivity contribution < 1.29 is 9.13 Å². The summed E-state index contributed by atoms with van der Waals surface area (Å²) >= 11 is 0. The molecule has 1 aliphatic heterocycles. The Morgan fingerprint density at radius 3 is 2.33 bits per heavy atom. The van der Waals surface area contributed by atoms with Crippen molar-refractivity contribution in [2.24, 2.45) is 5.92 Å². The molecular weight excluding hydrogens is 305 g/mol. The number of nitrogens with one attached hydrogen (secondary N) is 2. The summed E-state index contributed by atoms with van der Waals surface area (Å²) in [6.07, 6.45) is 6.74. The zero-order valence-electron chi connectivity index (χ0n) is 13.5. The maximum Gasteiger partial charge on any atom is 0.152 e. The molecule has 0 radical (unpaired) electrons. The monoisotopic (exact) mass is 327 g/mol. The van der Waals surface area contributed by atoms with Gasteiger partial charge in [0.1, 0.15) is 11.6 Å². The molecule has 0 bridgehead atoms. The quantitative estimate of drug-likeness (QED) is 0.699. The number of halogens is 1. The van der Waals surface area contributed by atoms with E-state index in [9.17, 15) is 4.39 Å². The third-order valence-corrected chi connectivity index (χ3v) is 4.93. The fourth-order valence-corrected chi connectivity index (χ4v) is 3.63. The van der Waals surface area contributed by atoms with Crippen LogP contribution >= 0.6 is 0 Å². The maximum absolute atomic E-state index is 13.0. The first-order chi connectivity index (χ1) is 11.7. The van der Waals surface area contributed by atoms with Crippen molar-refractivity contribution >= 4 is 17.1 Å². The summed E-state index contributed by atoms with van der Waals surface area (Å²) in [5.41, 5.74) is 8.73. The van der Waals surface area contributed by atoms with Crippen LogP contribution in [-0.2, 0) is 0 Å². The summed E-state index contributed by atoms with van der Waals surface area (Å²) in [6, 6.07) is 9.76. The third-order valence-electron chi connectivity index (χ3n) is 4.93. The van der Waals surface area contributed by atoms with Gasteiger partial charge in [0, 0.05) is 6.07 Å². The molecule has 1 saturated carbocycles. The van der Waals surface area contributed by atoms with Gasteiger partial charge in [-0.05, 0) is 49.1 Å². The molecule has 1 fully saturated rings. The first-order valence-electron chi connectivity index (χ1n) is 8.59. The highest BCUT2D eigenvalue weighted by molar-refractivity contribution is 5.81. The molecular formula is C19H22FN3O. The Balaban J connectivity index is 1.52. The smallest absolute Gasteiger partial charge is 0.152 e. The van der Waals surface area contributed by atoms with E-state index in [4.69, 9.17) is 10.5 Å². The topological polar surface area (TPSA) is 59.3 Å². The van der Waals surface area contributed by atoms with Crippen LogP contribution in [0.2, 0.25) is 0 Å². The Bertz CT molecular complexity index is 726. The van der Waals surface area contributed by atoms with Crippen LogP contribution in [-0.4, -0.2) is 6.17 Å². The average Bonchev–Trinajstić information content (AvgIpc) is 3.01. The molecule has 4 N–H and O–H groups in total. The number of benzene rings is 2. The van der Waals surface area contributed by atoms with Gasteiger partial charge in [0.15, 0.2) is 5.75 Å². The van der Waals surface area contributed by atoms with Crippen LogP contribution in [0.1, 0.15) is 32.1 Å². The molecule has 4 rings (SSSR count). The van der Waals surface area contributed by atoms with Crippen molar-refractivity contribution in [3.63, 3.8) is 0 Å². The normalized spacial score (nSPS) is 20.1. The third kappa shape index (κ3) is 2.98. The summed E-state index contributed by atoms with van der Waals surface area (Å²) in [6.45, 7) is 0. The lowest BCUT2D eigenvalue weighted by Crippen LogP contribution is -2.33. The van der Waals surface area contributed by atoms with Crippen LogP contribution in [0.4, 0.5) is 21.5 Å². The zero-order chi connectivity index (χ0) is 16.5. The number of hydrogen-bond donors (Lipinski definition) is 3. The maximum atomic E-state index is 13.0. The van der Waals surface area contributed by atoms with Gasteiger partial charge >= 0.3 is 0 Å². The summed E-state index contributed by atoms with van der Waals surface area (Å²) in [7, 11) is 0. The molecule has 1 aliphatic carbocycles. The zero-order valence-corrected chi connectivity index (χ0v) is 13.5. The number of rotatable bonds is 3. The van der Waals surface area contributed by atoms with Crippen molar-refractivity contribution in [1.29, 1.82) is 0 Å². The molecule has 2 aliphatic rings. The van der Waals surface area contributed by atoms with Crippen molar-refractivity contribution in [2.45, 2.75) is 38.3 Å². The number of nitrogen functional groups attached to an aromatic ring is 1. The minimum Gasteiger partial charge on any atom is -0.455 e. The molecule has 4 nitrogen and oxygen atoms in total. The molecule has 1 heterocycles. The summed E-state index contributed by atoms with van der Waals surface area (Å²) in [5, 5.41) is 7.11. The minimum atomic E-state index is -0.287. The number of nitrogens with two attached hydrogens (primary N) is 1. The lowest BCUT2D eigenvalue weighted by Gasteiger charge is -2.27. The predicted octanol–water partition coefficient (Wildman–Crippen LogP) is 4.94. The summed E-state index contributed by atoms with van der Waals surface area (Å²) < 4.78 is 18.8. The molecule has 24 heavy (non-hydrogen) atoms. The lowest BCUT2D eigenvalue weighted by molar-refractivity contribution is 0.336. The van der Waals surface area contributed by atoms with Crippen LogP contribution in [0.15, 0.2) is 36.4 Å². The lowest BCUT2D eigenvalue weighted by atomic mass is 9.87. The summed E-state index contributed by atoms with van der Waals surface area (Å²) in [4.78, 5) is 0. The van der Waals surface area contributed by atoms with Crippen LogP contribution in [0.3, 0.4) is 0 Å². The minimum absolute atomic E-state index is 0.265. The van der Waals surface area contributed by atoms with E-state index in [2.05, 4.69) is 10.6 Å². The highest BCUT2D eigenvalue weighted by Gasteiger charge is 2.29. The van der Waals surface area contributed by atoms with Gasteiger partial charge in [0.25, 0.3) is 0 Å². The number of fused-ring (bicyclic) bond motifs is 1. The molecule has 2 aromatic carbocycles. The van der Waals surface area contributed by atoms with E-state index in [0.29, 0.717) is 23.1 Å². The van der Waals surface area contributed by atoms with E-state index >= 15 is 0 Å². The Hall–Kier alpha value is -2.43. The predicted molar refractivity (Wildman–Crippen MR) is 94.9 cm³/mol. The van der Waals surface area contributed by atoms with Crippen LogP contribution in [0.25, 0.3) is 0 Å². The van der Waals surface area contributed by atoms with Crippen molar-refractivity contribution in [3.05, 3.63) is 42.2 Å². The average molecular weight is 327 g/mol. The molecule has 0 amide bonds. The molecule has 126 valence electrons. The van der Waals surface area contributed by atoms with Crippen molar-refractivity contribution in [1.82, 2.24) is 0 Å². The van der Waals surface area contributed by atoms with Gasteiger partial charge in [0.2, 0.25) is 0 Å². The van der Waals surface area contributed by atoms with Gasteiger partial charge in [-0.2, -0.15) is 0 Å². The van der Waals surface area contributed by atoms with Gasteiger partial charge < -0.3 is 21.1 Å². The van der Waals surface area contributed by atoms with Crippen LogP contribution in [0, 0.1) is 11.7 Å². The van der Waals surface area contributed by atoms with Gasteiger partial charge in [0.05, 0.1) is 23.2 Å². The SMILES string of the molecule is Nc1cc2c(cc1Oc1ccc(F)cc1)NC(C1CCCCC1)N2. The van der Waals surface area contributed by atoms with Crippen molar-refractivity contribution in [3.8, 4) is 11.5 Å². The van der Waals surface area contributed by atoms with Gasteiger partial charge in [-0.25, -0.2) is 4.39 Å². The van der Waals surface area contributed by atoms with Crippen LogP contribution < -0.4 is 21.1 Å². The largest absolute Gasteiger partial charge is 0.455 e. The van der Waals surface area contributed by atoms with Gasteiger partial charge in [-0.1, -0.05) is 19.3 Å². The molecule has 0 aromatic heterocycles. The number of anilines is 3. The first kappa shape index (κ1) is 15.1. The second-order valence-corrected chi connectivity index (χ2v) is 6.66. The number of hydrogen-bond acceptors (Lipinski definition) is 4. The Kier molecular flexibility index (Phi) is 3.92. The van der Waals surface area contributed by atoms with Gasteiger partial charge in [-0.15, -0.1) is 0 Å². The molecule has 5 heteroatoms. The van der Waals surface area contributed by atoms with Crippen molar-refractivity contribution in [2.75, 3.05) is 16.4 Å². The van der Waals surface area contributed by atoms with E-state index in [0.717, 1.165) is 11.4 Å². The Morgan fingerprint density at radius 2 is 1.62 bits per heavy atom.